The van der Waals surface area contributed by atoms with Crippen LogP contribution in [0.3, 0.4) is 0 Å². The molecular weight excluding hydrogens is 357 g/mol. The smallest absolute Gasteiger partial charge is 0.258 e. The molecule has 0 bridgehead atoms. The normalized spacial score (nSPS) is 11.3. The first kappa shape index (κ1) is 18.9. The van der Waals surface area contributed by atoms with Crippen molar-refractivity contribution in [3.8, 4) is 6.07 Å². The van der Waals surface area contributed by atoms with Crippen molar-refractivity contribution in [3.05, 3.63) is 67.8 Å². The van der Waals surface area contributed by atoms with Gasteiger partial charge in [-0.1, -0.05) is 18.2 Å². The zero-order chi connectivity index (χ0) is 17.3. The fourth-order valence-electron chi connectivity index (χ4n) is 2.46. The number of rotatable bonds is 4. The maximum Gasteiger partial charge on any atom is 0.298 e. The number of nitro groups is 2. The van der Waals surface area contributed by atoms with Crippen LogP contribution in [0.4, 0.5) is 11.4 Å². The van der Waals surface area contributed by atoms with E-state index < -0.39 is 15.8 Å². The summed E-state index contributed by atoms with van der Waals surface area (Å²) in [5.41, 5.74) is 0.412. The second-order valence-electron chi connectivity index (χ2n) is 4.77. The van der Waals surface area contributed by atoms with E-state index in [-0.39, 0.29) is 57.5 Å². The Hall–Kier alpha value is -2.45. The van der Waals surface area contributed by atoms with E-state index in [1.165, 1.54) is 30.3 Å². The molecule has 9 nitrogen and oxygen atoms in total. The van der Waals surface area contributed by atoms with Gasteiger partial charge in [0.2, 0.25) is 0 Å². The van der Waals surface area contributed by atoms with Gasteiger partial charge in [-0.25, -0.2) is 0 Å². The fourth-order valence-corrected chi connectivity index (χ4v) is 3.03. The van der Waals surface area contributed by atoms with Crippen molar-refractivity contribution in [2.24, 2.45) is 0 Å². The van der Waals surface area contributed by atoms with Gasteiger partial charge >= 0.3 is 0 Å². The number of nitriles is 1. The molecule has 1 radical (unpaired) electrons. The quantitative estimate of drug-likeness (QED) is 0.394. The summed E-state index contributed by atoms with van der Waals surface area (Å²) in [5, 5.41) is 31.8. The summed E-state index contributed by atoms with van der Waals surface area (Å²) in [6.45, 7) is 0. The van der Waals surface area contributed by atoms with E-state index in [0.29, 0.717) is 5.56 Å². The number of nitro benzene ring substituents is 2. The molecule has 119 valence electrons. The van der Waals surface area contributed by atoms with Gasteiger partial charge in [0.05, 0.1) is 33.2 Å². The first-order chi connectivity index (χ1) is 11.5. The molecule has 25 heavy (non-hydrogen) atoms. The molecule has 1 aromatic heterocycles. The number of non-ortho nitro benzene ring substituents is 1. The van der Waals surface area contributed by atoms with E-state index in [1.807, 2.05) is 6.07 Å². The van der Waals surface area contributed by atoms with E-state index in [9.17, 15) is 25.5 Å². The second kappa shape index (κ2) is 7.62. The molecule has 0 saturated heterocycles. The van der Waals surface area contributed by atoms with E-state index in [1.54, 1.807) is 6.07 Å². The van der Waals surface area contributed by atoms with Crippen LogP contribution in [0.5, 0.6) is 0 Å². The number of aromatic nitrogens is 2. The summed E-state index contributed by atoms with van der Waals surface area (Å²) in [6, 6.07) is 10.5. The minimum Gasteiger partial charge on any atom is -0.258 e. The molecule has 0 N–H and O–H groups in total. The molecule has 0 fully saturated rings. The van der Waals surface area contributed by atoms with Crippen LogP contribution >= 0.6 is 11.7 Å². The third kappa shape index (κ3) is 3.35. The first-order valence-electron chi connectivity index (χ1n) is 6.57. The molecule has 0 spiro atoms. The van der Waals surface area contributed by atoms with Gasteiger partial charge in [0.25, 0.3) is 11.4 Å². The molecule has 3 aromatic rings. The Morgan fingerprint density at radius 3 is 2.24 bits per heavy atom. The van der Waals surface area contributed by atoms with Crippen LogP contribution in [0, 0.1) is 31.6 Å². The van der Waals surface area contributed by atoms with Crippen LogP contribution in [0.1, 0.15) is 17.0 Å². The molecule has 1 atom stereocenters. The predicted molar refractivity (Wildman–Crippen MR) is 90.4 cm³/mol. The van der Waals surface area contributed by atoms with Crippen LogP contribution < -0.4 is 0 Å². The van der Waals surface area contributed by atoms with E-state index in [2.05, 4.69) is 8.75 Å². The number of benzene rings is 2. The van der Waals surface area contributed by atoms with Crippen molar-refractivity contribution < 1.29 is 9.85 Å². The third-order valence-electron chi connectivity index (χ3n) is 3.51. The number of fused-ring (bicyclic) bond motifs is 1. The summed E-state index contributed by atoms with van der Waals surface area (Å²) in [6.07, 6.45) is 0. The van der Waals surface area contributed by atoms with Gasteiger partial charge in [-0.05, 0) is 6.07 Å². The number of hydrogen-bond donors (Lipinski definition) is 0. The van der Waals surface area contributed by atoms with E-state index in [0.717, 1.165) is 11.7 Å². The van der Waals surface area contributed by atoms with Gasteiger partial charge in [-0.15, -0.1) is 0 Å². The van der Waals surface area contributed by atoms with Crippen LogP contribution in [0.15, 0.2) is 36.4 Å². The maximum absolute atomic E-state index is 11.2. The topological polar surface area (TPSA) is 136 Å². The average molecular weight is 364 g/mol. The average Bonchev–Trinajstić information content (AvgIpc) is 3.05. The largest absolute Gasteiger partial charge is 0.298 e. The number of hydrogen-bond acceptors (Lipinski definition) is 8. The standard InChI is InChI=1S/C14H7N5O4S.Na/c15-7-10(8-3-1-2-4-11(8)18(20)21)9-5-6-12(19(22)23)14-13(9)16-24-17-14;/h1-6,10H;. The first-order valence-corrected chi connectivity index (χ1v) is 7.30. The molecule has 0 saturated carbocycles. The molecule has 1 heterocycles. The van der Waals surface area contributed by atoms with Crippen molar-refractivity contribution in [1.82, 2.24) is 8.75 Å². The monoisotopic (exact) mass is 364 g/mol. The zero-order valence-corrected chi connectivity index (χ0v) is 15.6. The summed E-state index contributed by atoms with van der Waals surface area (Å²) in [7, 11) is 0. The summed E-state index contributed by atoms with van der Waals surface area (Å²) in [4.78, 5) is 21.1. The molecule has 2 aromatic carbocycles. The third-order valence-corrected chi connectivity index (χ3v) is 4.04. The van der Waals surface area contributed by atoms with Crippen molar-refractivity contribution >= 4 is 63.7 Å². The van der Waals surface area contributed by atoms with Crippen molar-refractivity contribution in [2.45, 2.75) is 5.92 Å². The zero-order valence-electron chi connectivity index (χ0n) is 12.8. The van der Waals surface area contributed by atoms with E-state index in [4.69, 9.17) is 0 Å². The van der Waals surface area contributed by atoms with Gasteiger partial charge in [-0.3, -0.25) is 20.2 Å². The van der Waals surface area contributed by atoms with Gasteiger partial charge in [-0.2, -0.15) is 14.0 Å². The number of para-hydroxylation sites is 1. The Bertz CT molecular complexity index is 1020. The molecule has 11 heteroatoms. The Kier molecular flexibility index (Phi) is 5.76. The van der Waals surface area contributed by atoms with Crippen molar-refractivity contribution in [2.75, 3.05) is 0 Å². The minimum absolute atomic E-state index is 0. The Morgan fingerprint density at radius 2 is 1.60 bits per heavy atom. The summed E-state index contributed by atoms with van der Waals surface area (Å²) < 4.78 is 7.95. The fraction of sp³-hybridized carbons (Fsp3) is 0.0714. The SMILES string of the molecule is N#CC(c1ccccc1[N+](=O)[O-])c1ccc([N+](=O)[O-])c2nsnc12.[Na]. The van der Waals surface area contributed by atoms with Gasteiger partial charge in [0.1, 0.15) is 11.4 Å². The maximum atomic E-state index is 11.2. The van der Waals surface area contributed by atoms with Gasteiger partial charge in [0.15, 0.2) is 5.52 Å². The molecule has 0 amide bonds. The molecular formula is C14H7N5NaO4S. The van der Waals surface area contributed by atoms with Crippen LogP contribution in [0.25, 0.3) is 11.0 Å². The van der Waals surface area contributed by atoms with Crippen LogP contribution in [-0.2, 0) is 0 Å². The Balaban J connectivity index is 0.00000225. The minimum atomic E-state index is -0.987. The van der Waals surface area contributed by atoms with Crippen LogP contribution in [-0.4, -0.2) is 48.2 Å². The molecule has 0 aliphatic carbocycles. The Morgan fingerprint density at radius 1 is 0.960 bits per heavy atom. The van der Waals surface area contributed by atoms with Crippen molar-refractivity contribution in [3.63, 3.8) is 0 Å². The molecule has 1 unspecified atom stereocenters. The Labute approximate surface area is 166 Å². The van der Waals surface area contributed by atoms with Gasteiger partial charge < -0.3 is 0 Å². The van der Waals surface area contributed by atoms with Crippen LogP contribution in [0.2, 0.25) is 0 Å². The molecule has 0 aliphatic rings. The van der Waals surface area contributed by atoms with Gasteiger partial charge in [0, 0.05) is 47.3 Å². The second-order valence-corrected chi connectivity index (χ2v) is 5.30. The number of nitrogens with zero attached hydrogens (tertiary/aromatic N) is 5. The van der Waals surface area contributed by atoms with E-state index >= 15 is 0 Å². The van der Waals surface area contributed by atoms with Crippen molar-refractivity contribution in [1.29, 1.82) is 5.26 Å². The predicted octanol–water partition coefficient (Wildman–Crippen LogP) is 2.78. The molecule has 3 rings (SSSR count). The summed E-state index contributed by atoms with van der Waals surface area (Å²) >= 11 is 0.784. The summed E-state index contributed by atoms with van der Waals surface area (Å²) in [5.74, 6) is -0.987. The molecule has 0 aliphatic heterocycles.